The molecule has 2 aromatic carbocycles. The Morgan fingerprint density at radius 1 is 1.16 bits per heavy atom. The van der Waals surface area contributed by atoms with E-state index in [4.69, 9.17) is 28.3 Å². The molecule has 0 radical (unpaired) electrons. The first-order valence-corrected chi connectivity index (χ1v) is 6.19. The Balaban J connectivity index is 2.62. The van der Waals surface area contributed by atoms with Gasteiger partial charge in [-0.15, -0.1) is 0 Å². The van der Waals surface area contributed by atoms with Gasteiger partial charge < -0.3 is 5.11 Å². The lowest BCUT2D eigenvalue weighted by Crippen LogP contribution is -2.02. The zero-order valence-corrected chi connectivity index (χ0v) is 11.2. The van der Waals surface area contributed by atoms with Crippen LogP contribution in [0, 0.1) is 5.82 Å². The Morgan fingerprint density at radius 2 is 1.89 bits per heavy atom. The molecule has 0 aliphatic carbocycles. The third-order valence-corrected chi connectivity index (χ3v) is 3.47. The van der Waals surface area contributed by atoms with Crippen LogP contribution in [0.25, 0.3) is 11.1 Å². The van der Waals surface area contributed by atoms with Crippen molar-refractivity contribution in [2.75, 3.05) is 0 Å². The number of benzene rings is 2. The molecule has 0 aliphatic heterocycles. The zero-order chi connectivity index (χ0) is 14.0. The number of carboxylic acid groups (broad SMARTS) is 1. The zero-order valence-electron chi connectivity index (χ0n) is 9.66. The van der Waals surface area contributed by atoms with Crippen LogP contribution in [0.15, 0.2) is 36.4 Å². The van der Waals surface area contributed by atoms with Gasteiger partial charge in [0.05, 0.1) is 16.5 Å². The van der Waals surface area contributed by atoms with Crippen molar-refractivity contribution in [3.8, 4) is 11.1 Å². The molecule has 19 heavy (non-hydrogen) atoms. The fourth-order valence-corrected chi connectivity index (χ4v) is 2.23. The molecule has 0 bridgehead atoms. The minimum atomic E-state index is -0.994. The van der Waals surface area contributed by atoms with E-state index in [9.17, 15) is 9.18 Å². The highest BCUT2D eigenvalue weighted by molar-refractivity contribution is 6.43. The minimum absolute atomic E-state index is 0.210. The molecule has 0 amide bonds. The number of hydrogen-bond acceptors (Lipinski definition) is 1. The first-order valence-electron chi connectivity index (χ1n) is 5.43. The molecule has 0 aliphatic rings. The Bertz CT molecular complexity index is 641. The normalized spacial score (nSPS) is 10.5. The van der Waals surface area contributed by atoms with Gasteiger partial charge in [-0.3, -0.25) is 4.79 Å². The summed E-state index contributed by atoms with van der Waals surface area (Å²) in [5, 5.41) is 9.50. The standard InChI is InChI=1S/C14H9Cl2FO2/c15-12-3-1-2-10(14(12)16)11-7-9(17)5-4-8(11)6-13(18)19/h1-5,7H,6H2,(H,18,19). The van der Waals surface area contributed by atoms with E-state index in [2.05, 4.69) is 0 Å². The highest BCUT2D eigenvalue weighted by atomic mass is 35.5. The maximum atomic E-state index is 13.4. The molecular formula is C14H9Cl2FO2. The van der Waals surface area contributed by atoms with Crippen LogP contribution in [-0.4, -0.2) is 11.1 Å². The summed E-state index contributed by atoms with van der Waals surface area (Å²) in [4.78, 5) is 10.8. The molecule has 2 aromatic rings. The quantitative estimate of drug-likeness (QED) is 0.910. The summed E-state index contributed by atoms with van der Waals surface area (Å²) in [5.41, 5.74) is 1.44. The van der Waals surface area contributed by atoms with Crippen molar-refractivity contribution in [1.29, 1.82) is 0 Å². The van der Waals surface area contributed by atoms with Gasteiger partial charge in [-0.05, 0) is 29.3 Å². The summed E-state index contributed by atoms with van der Waals surface area (Å²) < 4.78 is 13.4. The van der Waals surface area contributed by atoms with E-state index >= 15 is 0 Å². The second-order valence-electron chi connectivity index (χ2n) is 3.97. The van der Waals surface area contributed by atoms with Crippen LogP contribution in [0.2, 0.25) is 10.0 Å². The van der Waals surface area contributed by atoms with Crippen LogP contribution < -0.4 is 0 Å². The van der Waals surface area contributed by atoms with Gasteiger partial charge in [-0.1, -0.05) is 41.4 Å². The van der Waals surface area contributed by atoms with Crippen LogP contribution in [0.3, 0.4) is 0 Å². The first-order chi connectivity index (χ1) is 8.99. The summed E-state index contributed by atoms with van der Waals surface area (Å²) in [5.74, 6) is -1.45. The number of carbonyl (C=O) groups is 1. The summed E-state index contributed by atoms with van der Waals surface area (Å²) in [6.07, 6.45) is -0.210. The Labute approximate surface area is 119 Å². The van der Waals surface area contributed by atoms with Crippen molar-refractivity contribution in [2.24, 2.45) is 0 Å². The van der Waals surface area contributed by atoms with Gasteiger partial charge in [-0.25, -0.2) is 4.39 Å². The number of rotatable bonds is 3. The third-order valence-electron chi connectivity index (χ3n) is 2.66. The maximum Gasteiger partial charge on any atom is 0.307 e. The van der Waals surface area contributed by atoms with Gasteiger partial charge in [0.1, 0.15) is 5.82 Å². The highest BCUT2D eigenvalue weighted by Crippen LogP contribution is 2.35. The first kappa shape index (κ1) is 13.8. The summed E-state index contributed by atoms with van der Waals surface area (Å²) in [7, 11) is 0. The van der Waals surface area contributed by atoms with E-state index in [0.717, 1.165) is 0 Å². The molecule has 2 nitrogen and oxygen atoms in total. The molecule has 0 spiro atoms. The molecule has 0 saturated heterocycles. The lowest BCUT2D eigenvalue weighted by atomic mass is 9.97. The number of carboxylic acids is 1. The average Bonchev–Trinajstić information content (AvgIpc) is 2.35. The van der Waals surface area contributed by atoms with Gasteiger partial charge in [-0.2, -0.15) is 0 Å². The van der Waals surface area contributed by atoms with E-state index in [0.29, 0.717) is 21.7 Å². The van der Waals surface area contributed by atoms with E-state index in [-0.39, 0.29) is 11.4 Å². The molecule has 0 atom stereocenters. The lowest BCUT2D eigenvalue weighted by molar-refractivity contribution is -0.136. The average molecular weight is 299 g/mol. The largest absolute Gasteiger partial charge is 0.481 e. The second kappa shape index (κ2) is 5.59. The fraction of sp³-hybridized carbons (Fsp3) is 0.0714. The van der Waals surface area contributed by atoms with Gasteiger partial charge in [0.15, 0.2) is 0 Å². The Morgan fingerprint density at radius 3 is 2.58 bits per heavy atom. The van der Waals surface area contributed by atoms with Crippen LogP contribution in [0.5, 0.6) is 0 Å². The van der Waals surface area contributed by atoms with Gasteiger partial charge in [0, 0.05) is 5.56 Å². The van der Waals surface area contributed by atoms with Gasteiger partial charge in [0.2, 0.25) is 0 Å². The van der Waals surface area contributed by atoms with Crippen molar-refractivity contribution >= 4 is 29.2 Å². The third kappa shape index (κ3) is 3.06. The minimum Gasteiger partial charge on any atom is -0.481 e. The SMILES string of the molecule is O=C(O)Cc1ccc(F)cc1-c1cccc(Cl)c1Cl. The molecule has 0 saturated carbocycles. The topological polar surface area (TPSA) is 37.3 Å². The van der Waals surface area contributed by atoms with Gasteiger partial charge in [0.25, 0.3) is 0 Å². The number of aliphatic carboxylic acids is 1. The maximum absolute atomic E-state index is 13.4. The van der Waals surface area contributed by atoms with Crippen molar-refractivity contribution < 1.29 is 14.3 Å². The van der Waals surface area contributed by atoms with Crippen LogP contribution in [-0.2, 0) is 11.2 Å². The smallest absolute Gasteiger partial charge is 0.307 e. The highest BCUT2D eigenvalue weighted by Gasteiger charge is 2.13. The summed E-state index contributed by atoms with van der Waals surface area (Å²) >= 11 is 12.0. The lowest BCUT2D eigenvalue weighted by Gasteiger charge is -2.11. The monoisotopic (exact) mass is 298 g/mol. The molecule has 0 aromatic heterocycles. The second-order valence-corrected chi connectivity index (χ2v) is 4.76. The predicted octanol–water partition coefficient (Wildman–Crippen LogP) is 4.43. The van der Waals surface area contributed by atoms with Crippen LogP contribution in [0.1, 0.15) is 5.56 Å². The number of halogens is 3. The van der Waals surface area contributed by atoms with E-state index in [1.54, 1.807) is 18.2 Å². The van der Waals surface area contributed by atoms with Crippen LogP contribution in [0.4, 0.5) is 4.39 Å². The van der Waals surface area contributed by atoms with E-state index in [1.165, 1.54) is 18.2 Å². The molecule has 2 rings (SSSR count). The molecule has 0 unspecified atom stereocenters. The van der Waals surface area contributed by atoms with Crippen molar-refractivity contribution in [1.82, 2.24) is 0 Å². The number of hydrogen-bond donors (Lipinski definition) is 1. The van der Waals surface area contributed by atoms with Crippen molar-refractivity contribution in [3.05, 3.63) is 57.8 Å². The van der Waals surface area contributed by atoms with E-state index in [1.807, 2.05) is 0 Å². The molecule has 98 valence electrons. The van der Waals surface area contributed by atoms with Crippen molar-refractivity contribution in [2.45, 2.75) is 6.42 Å². The van der Waals surface area contributed by atoms with Gasteiger partial charge >= 0.3 is 5.97 Å². The fourth-order valence-electron chi connectivity index (χ4n) is 1.83. The predicted molar refractivity (Wildman–Crippen MR) is 73.2 cm³/mol. The van der Waals surface area contributed by atoms with Crippen LogP contribution >= 0.6 is 23.2 Å². The molecule has 1 N–H and O–H groups in total. The molecule has 5 heteroatoms. The molecule has 0 heterocycles. The Kier molecular flexibility index (Phi) is 4.08. The molecular weight excluding hydrogens is 290 g/mol. The van der Waals surface area contributed by atoms with E-state index < -0.39 is 11.8 Å². The van der Waals surface area contributed by atoms with Crippen molar-refractivity contribution in [3.63, 3.8) is 0 Å². The summed E-state index contributed by atoms with van der Waals surface area (Å²) in [6, 6.07) is 8.89. The molecule has 0 fully saturated rings. The summed E-state index contributed by atoms with van der Waals surface area (Å²) in [6.45, 7) is 0. The Hall–Kier alpha value is -1.58.